The van der Waals surface area contributed by atoms with Crippen LogP contribution in [0, 0.1) is 13.8 Å². The predicted molar refractivity (Wildman–Crippen MR) is 102 cm³/mol. The highest BCUT2D eigenvalue weighted by molar-refractivity contribution is 6.12. The molecule has 0 radical (unpaired) electrons. The lowest BCUT2D eigenvalue weighted by atomic mass is 10.1. The van der Waals surface area contributed by atoms with Crippen LogP contribution in [0.5, 0.6) is 5.75 Å². The molecule has 0 unspecified atom stereocenters. The largest absolute Gasteiger partial charge is 0.491 e. The molecule has 3 rings (SSSR count). The predicted octanol–water partition coefficient (Wildman–Crippen LogP) is 4.45. The zero-order chi connectivity index (χ0) is 18.8. The molecule has 0 bridgehead atoms. The van der Waals surface area contributed by atoms with Gasteiger partial charge in [0, 0.05) is 23.2 Å². The first kappa shape index (κ1) is 17.7. The highest BCUT2D eigenvalue weighted by atomic mass is 16.5. The van der Waals surface area contributed by atoms with Crippen molar-refractivity contribution in [2.75, 3.05) is 5.32 Å². The minimum atomic E-state index is -0.579. The fraction of sp³-hybridized carbons (Fsp3) is 0.238. The van der Waals surface area contributed by atoms with Crippen molar-refractivity contribution in [2.24, 2.45) is 0 Å². The fourth-order valence-corrected chi connectivity index (χ4v) is 2.92. The van der Waals surface area contributed by atoms with Crippen LogP contribution >= 0.6 is 0 Å². The van der Waals surface area contributed by atoms with Gasteiger partial charge in [-0.3, -0.25) is 4.79 Å². The number of amides is 1. The summed E-state index contributed by atoms with van der Waals surface area (Å²) in [6.45, 7) is 7.75. The van der Waals surface area contributed by atoms with Gasteiger partial charge in [-0.1, -0.05) is 6.07 Å². The van der Waals surface area contributed by atoms with E-state index < -0.39 is 5.63 Å². The van der Waals surface area contributed by atoms with Crippen molar-refractivity contribution < 1.29 is 13.9 Å². The molecular formula is C21H21NO4. The maximum Gasteiger partial charge on any atom is 0.337 e. The summed E-state index contributed by atoms with van der Waals surface area (Å²) in [4.78, 5) is 24.7. The molecule has 1 aromatic heterocycles. The standard InChI is InChI=1S/C21H21NO4/c1-12(2)25-16-5-6-17-18(11-20(23)26-19(17)10-16)21(24)22-15-8-13(3)7-14(4)9-15/h5-12H,1-4H3,(H,22,24). The smallest absolute Gasteiger partial charge is 0.337 e. The first-order valence-electron chi connectivity index (χ1n) is 8.46. The minimum Gasteiger partial charge on any atom is -0.491 e. The molecule has 134 valence electrons. The molecule has 1 heterocycles. The van der Waals surface area contributed by atoms with Gasteiger partial charge in [-0.15, -0.1) is 0 Å². The minimum absolute atomic E-state index is 0.00443. The molecule has 26 heavy (non-hydrogen) atoms. The number of aryl methyl sites for hydroxylation is 2. The summed E-state index contributed by atoms with van der Waals surface area (Å²) in [6, 6.07) is 12.1. The average molecular weight is 351 g/mol. The van der Waals surface area contributed by atoms with Crippen LogP contribution in [-0.4, -0.2) is 12.0 Å². The van der Waals surface area contributed by atoms with E-state index in [1.807, 2.05) is 45.9 Å². The molecule has 0 atom stereocenters. The second kappa shape index (κ2) is 7.04. The van der Waals surface area contributed by atoms with E-state index in [4.69, 9.17) is 9.15 Å². The Morgan fingerprint density at radius 1 is 1.04 bits per heavy atom. The molecule has 2 aromatic carbocycles. The van der Waals surface area contributed by atoms with E-state index in [-0.39, 0.29) is 17.6 Å². The monoisotopic (exact) mass is 351 g/mol. The number of carbonyl (C=O) groups is 1. The molecule has 3 aromatic rings. The van der Waals surface area contributed by atoms with Gasteiger partial charge in [-0.05, 0) is 63.1 Å². The van der Waals surface area contributed by atoms with Crippen molar-refractivity contribution in [2.45, 2.75) is 33.8 Å². The third kappa shape index (κ3) is 3.94. The van der Waals surface area contributed by atoms with E-state index in [0.29, 0.717) is 22.4 Å². The maximum atomic E-state index is 12.7. The molecule has 0 aliphatic rings. The molecule has 5 nitrogen and oxygen atoms in total. The van der Waals surface area contributed by atoms with E-state index >= 15 is 0 Å². The SMILES string of the molecule is Cc1cc(C)cc(NC(=O)c2cc(=O)oc3cc(OC(C)C)ccc23)c1. The van der Waals surface area contributed by atoms with Crippen LogP contribution in [0.1, 0.15) is 35.3 Å². The highest BCUT2D eigenvalue weighted by Gasteiger charge is 2.15. The number of hydrogen-bond acceptors (Lipinski definition) is 4. The Bertz CT molecular complexity index is 1010. The summed E-state index contributed by atoms with van der Waals surface area (Å²) in [5, 5.41) is 3.41. The van der Waals surface area contributed by atoms with Gasteiger partial charge in [-0.25, -0.2) is 4.79 Å². The summed E-state index contributed by atoms with van der Waals surface area (Å²) >= 11 is 0. The summed E-state index contributed by atoms with van der Waals surface area (Å²) in [6.07, 6.45) is -0.00443. The lowest BCUT2D eigenvalue weighted by molar-refractivity contribution is 0.102. The van der Waals surface area contributed by atoms with E-state index in [0.717, 1.165) is 11.1 Å². The zero-order valence-electron chi connectivity index (χ0n) is 15.3. The van der Waals surface area contributed by atoms with E-state index in [1.54, 1.807) is 18.2 Å². The Morgan fingerprint density at radius 3 is 2.38 bits per heavy atom. The molecule has 0 fully saturated rings. The van der Waals surface area contributed by atoms with Crippen LogP contribution in [0.2, 0.25) is 0 Å². The van der Waals surface area contributed by atoms with Crippen LogP contribution in [0.3, 0.4) is 0 Å². The quantitative estimate of drug-likeness (QED) is 0.705. The van der Waals surface area contributed by atoms with Crippen molar-refractivity contribution in [1.29, 1.82) is 0 Å². The normalized spacial score (nSPS) is 11.0. The highest BCUT2D eigenvalue weighted by Crippen LogP contribution is 2.24. The van der Waals surface area contributed by atoms with Crippen LogP contribution in [0.4, 0.5) is 5.69 Å². The van der Waals surface area contributed by atoms with Crippen LogP contribution < -0.4 is 15.7 Å². The number of hydrogen-bond donors (Lipinski definition) is 1. The maximum absolute atomic E-state index is 12.7. The Morgan fingerprint density at radius 2 is 1.73 bits per heavy atom. The number of ether oxygens (including phenoxy) is 1. The Kier molecular flexibility index (Phi) is 4.80. The summed E-state index contributed by atoms with van der Waals surface area (Å²) in [5.74, 6) is 0.230. The van der Waals surface area contributed by atoms with Gasteiger partial charge >= 0.3 is 5.63 Å². The van der Waals surface area contributed by atoms with Gasteiger partial charge in [0.2, 0.25) is 0 Å². The Hall–Kier alpha value is -3.08. The van der Waals surface area contributed by atoms with E-state index in [2.05, 4.69) is 5.32 Å². The van der Waals surface area contributed by atoms with E-state index in [1.165, 1.54) is 6.07 Å². The topological polar surface area (TPSA) is 68.5 Å². The molecular weight excluding hydrogens is 330 g/mol. The van der Waals surface area contributed by atoms with Crippen LogP contribution in [-0.2, 0) is 0 Å². The molecule has 0 saturated carbocycles. The van der Waals surface area contributed by atoms with Crippen molar-refractivity contribution >= 4 is 22.6 Å². The lowest BCUT2D eigenvalue weighted by Crippen LogP contribution is -2.15. The molecule has 0 aliphatic heterocycles. The number of rotatable bonds is 4. The first-order valence-corrected chi connectivity index (χ1v) is 8.46. The van der Waals surface area contributed by atoms with Gasteiger partial charge < -0.3 is 14.5 Å². The molecule has 0 saturated heterocycles. The average Bonchev–Trinajstić information content (AvgIpc) is 2.52. The first-order chi connectivity index (χ1) is 12.3. The van der Waals surface area contributed by atoms with Gasteiger partial charge in [0.05, 0.1) is 11.7 Å². The number of carbonyl (C=O) groups excluding carboxylic acids is 1. The Balaban J connectivity index is 2.00. The second-order valence-electron chi connectivity index (χ2n) is 6.63. The van der Waals surface area contributed by atoms with Gasteiger partial charge in [0.25, 0.3) is 5.91 Å². The fourth-order valence-electron chi connectivity index (χ4n) is 2.92. The lowest BCUT2D eigenvalue weighted by Gasteiger charge is -2.12. The summed E-state index contributed by atoms with van der Waals surface area (Å²) < 4.78 is 10.9. The third-order valence-electron chi connectivity index (χ3n) is 3.81. The van der Waals surface area contributed by atoms with Crippen molar-refractivity contribution in [3.8, 4) is 5.75 Å². The zero-order valence-corrected chi connectivity index (χ0v) is 15.3. The van der Waals surface area contributed by atoms with Gasteiger partial charge in [-0.2, -0.15) is 0 Å². The van der Waals surface area contributed by atoms with E-state index in [9.17, 15) is 9.59 Å². The molecule has 0 aliphatic carbocycles. The third-order valence-corrected chi connectivity index (χ3v) is 3.81. The number of benzene rings is 2. The van der Waals surface area contributed by atoms with Crippen molar-refractivity contribution in [3.63, 3.8) is 0 Å². The van der Waals surface area contributed by atoms with Gasteiger partial charge in [0.15, 0.2) is 0 Å². The number of nitrogens with one attached hydrogen (secondary N) is 1. The number of fused-ring (bicyclic) bond motifs is 1. The molecule has 1 amide bonds. The van der Waals surface area contributed by atoms with Crippen molar-refractivity contribution in [1.82, 2.24) is 0 Å². The van der Waals surface area contributed by atoms with Gasteiger partial charge in [0.1, 0.15) is 11.3 Å². The van der Waals surface area contributed by atoms with Crippen molar-refractivity contribution in [3.05, 3.63) is 69.6 Å². The number of anilines is 1. The Labute approximate surface area is 151 Å². The molecule has 5 heteroatoms. The molecule has 0 spiro atoms. The molecule has 1 N–H and O–H groups in total. The van der Waals surface area contributed by atoms with Crippen LogP contribution in [0.15, 0.2) is 51.7 Å². The second-order valence-corrected chi connectivity index (χ2v) is 6.63. The van der Waals surface area contributed by atoms with Crippen LogP contribution in [0.25, 0.3) is 11.0 Å². The summed E-state index contributed by atoms with van der Waals surface area (Å²) in [5.41, 5.74) is 2.80. The summed E-state index contributed by atoms with van der Waals surface area (Å²) in [7, 11) is 0.